The first-order valence-electron chi connectivity index (χ1n) is 6.31. The quantitative estimate of drug-likeness (QED) is 0.813. The third kappa shape index (κ3) is 4.34. The summed E-state index contributed by atoms with van der Waals surface area (Å²) < 4.78 is 27.6. The highest BCUT2D eigenvalue weighted by atomic mass is 79.9. The SMILES string of the molecule is O=S(=O)(NCCc1ccncc1)c1cc(CO)ccc1Br. The van der Waals surface area contributed by atoms with Crippen LogP contribution < -0.4 is 4.72 Å². The number of sulfonamides is 1. The molecule has 0 fully saturated rings. The number of aliphatic hydroxyl groups is 1. The van der Waals surface area contributed by atoms with Crippen molar-refractivity contribution in [2.45, 2.75) is 17.9 Å². The third-order valence-electron chi connectivity index (χ3n) is 2.92. The van der Waals surface area contributed by atoms with Crippen LogP contribution in [0.4, 0.5) is 0 Å². The Hall–Kier alpha value is -1.28. The highest BCUT2D eigenvalue weighted by Crippen LogP contribution is 2.23. The Morgan fingerprint density at radius 1 is 1.14 bits per heavy atom. The molecule has 112 valence electrons. The van der Waals surface area contributed by atoms with Crippen LogP contribution in [0, 0.1) is 0 Å². The number of aliphatic hydroxyl groups excluding tert-OH is 1. The summed E-state index contributed by atoms with van der Waals surface area (Å²) in [6.45, 7) is 0.0922. The summed E-state index contributed by atoms with van der Waals surface area (Å²) >= 11 is 3.22. The zero-order chi connectivity index (χ0) is 15.3. The van der Waals surface area contributed by atoms with Gasteiger partial charge in [0, 0.05) is 23.4 Å². The fourth-order valence-corrected chi connectivity index (χ4v) is 3.85. The Balaban J connectivity index is 2.08. The fraction of sp³-hybridized carbons (Fsp3) is 0.214. The first kappa shape index (κ1) is 16.1. The molecule has 2 aromatic rings. The molecule has 5 nitrogen and oxygen atoms in total. The Morgan fingerprint density at radius 2 is 1.86 bits per heavy atom. The Morgan fingerprint density at radius 3 is 2.52 bits per heavy atom. The molecule has 0 saturated heterocycles. The monoisotopic (exact) mass is 370 g/mol. The number of pyridine rings is 1. The summed E-state index contributed by atoms with van der Waals surface area (Å²) in [6.07, 6.45) is 3.93. The van der Waals surface area contributed by atoms with Crippen LogP contribution in [0.2, 0.25) is 0 Å². The summed E-state index contributed by atoms with van der Waals surface area (Å²) in [4.78, 5) is 4.04. The third-order valence-corrected chi connectivity index (χ3v) is 5.38. The first-order valence-corrected chi connectivity index (χ1v) is 8.58. The van der Waals surface area contributed by atoms with Gasteiger partial charge in [-0.2, -0.15) is 0 Å². The standard InChI is InChI=1S/C14H15BrN2O3S/c15-13-2-1-12(10-18)9-14(13)21(19,20)17-8-5-11-3-6-16-7-4-11/h1-4,6-7,9,17-18H,5,8,10H2. The largest absolute Gasteiger partial charge is 0.392 e. The molecule has 21 heavy (non-hydrogen) atoms. The van der Waals surface area contributed by atoms with E-state index in [9.17, 15) is 8.42 Å². The highest BCUT2D eigenvalue weighted by Gasteiger charge is 2.17. The fourth-order valence-electron chi connectivity index (χ4n) is 1.81. The van der Waals surface area contributed by atoms with Gasteiger partial charge < -0.3 is 5.11 Å². The van der Waals surface area contributed by atoms with Crippen LogP contribution in [0.1, 0.15) is 11.1 Å². The van der Waals surface area contributed by atoms with Gasteiger partial charge in [0.15, 0.2) is 0 Å². The predicted octanol–water partition coefficient (Wildman–Crippen LogP) is 1.86. The molecule has 0 aliphatic carbocycles. The van der Waals surface area contributed by atoms with Gasteiger partial charge in [-0.05, 0) is 57.7 Å². The molecule has 7 heteroatoms. The molecule has 2 rings (SSSR count). The summed E-state index contributed by atoms with van der Waals surface area (Å²) in [7, 11) is -3.62. The summed E-state index contributed by atoms with van der Waals surface area (Å²) in [6, 6.07) is 8.43. The van der Waals surface area contributed by atoms with Crippen LogP contribution in [0.15, 0.2) is 52.1 Å². The number of nitrogens with one attached hydrogen (secondary N) is 1. The van der Waals surface area contributed by atoms with Crippen LogP contribution in [0.3, 0.4) is 0 Å². The second-order valence-electron chi connectivity index (χ2n) is 4.43. The topological polar surface area (TPSA) is 79.3 Å². The number of hydrogen-bond donors (Lipinski definition) is 2. The van der Waals surface area contributed by atoms with E-state index in [1.54, 1.807) is 24.5 Å². The Kier molecular flexibility index (Phi) is 5.46. The van der Waals surface area contributed by atoms with Crippen molar-refractivity contribution in [3.05, 3.63) is 58.3 Å². The highest BCUT2D eigenvalue weighted by molar-refractivity contribution is 9.10. The van der Waals surface area contributed by atoms with Crippen LogP contribution in [0.25, 0.3) is 0 Å². The van der Waals surface area contributed by atoms with E-state index in [1.165, 1.54) is 6.07 Å². The van der Waals surface area contributed by atoms with Crippen LogP contribution in [-0.4, -0.2) is 25.1 Å². The molecule has 1 heterocycles. The van der Waals surface area contributed by atoms with E-state index in [0.717, 1.165) is 5.56 Å². The molecule has 0 amide bonds. The Bertz CT molecular complexity index is 705. The van der Waals surface area contributed by atoms with Gasteiger partial charge in [-0.1, -0.05) is 6.07 Å². The van der Waals surface area contributed by atoms with Crippen molar-refractivity contribution in [3.8, 4) is 0 Å². The lowest BCUT2D eigenvalue weighted by Crippen LogP contribution is -2.26. The lowest BCUT2D eigenvalue weighted by atomic mass is 10.2. The molecule has 0 aliphatic rings. The van der Waals surface area contributed by atoms with Gasteiger partial charge >= 0.3 is 0 Å². The Labute approximate surface area is 132 Å². The lowest BCUT2D eigenvalue weighted by Gasteiger charge is -2.10. The molecule has 0 spiro atoms. The first-order chi connectivity index (χ1) is 10.0. The molecule has 0 bridgehead atoms. The minimum absolute atomic E-state index is 0.128. The number of benzene rings is 1. The van der Waals surface area contributed by atoms with E-state index in [1.807, 2.05) is 12.1 Å². The van der Waals surface area contributed by atoms with Crippen LogP contribution >= 0.6 is 15.9 Å². The van der Waals surface area contributed by atoms with E-state index >= 15 is 0 Å². The minimum Gasteiger partial charge on any atom is -0.392 e. The van der Waals surface area contributed by atoms with Crippen molar-refractivity contribution in [2.24, 2.45) is 0 Å². The van der Waals surface area contributed by atoms with Crippen molar-refractivity contribution < 1.29 is 13.5 Å². The van der Waals surface area contributed by atoms with Crippen LogP contribution in [-0.2, 0) is 23.1 Å². The predicted molar refractivity (Wildman–Crippen MR) is 83.2 cm³/mol. The molecular formula is C14H15BrN2O3S. The van der Waals surface area contributed by atoms with Crippen molar-refractivity contribution in [1.82, 2.24) is 9.71 Å². The van der Waals surface area contributed by atoms with E-state index in [0.29, 0.717) is 23.0 Å². The zero-order valence-electron chi connectivity index (χ0n) is 11.2. The molecule has 1 aromatic heterocycles. The molecular weight excluding hydrogens is 356 g/mol. The second kappa shape index (κ2) is 7.13. The average molecular weight is 371 g/mol. The minimum atomic E-state index is -3.62. The summed E-state index contributed by atoms with van der Waals surface area (Å²) in [5, 5.41) is 9.11. The summed E-state index contributed by atoms with van der Waals surface area (Å²) in [5.74, 6) is 0. The lowest BCUT2D eigenvalue weighted by molar-refractivity contribution is 0.281. The molecule has 0 unspecified atom stereocenters. The number of aromatic nitrogens is 1. The van der Waals surface area contributed by atoms with Gasteiger partial charge in [-0.3, -0.25) is 4.98 Å². The molecule has 0 atom stereocenters. The molecule has 0 aliphatic heterocycles. The zero-order valence-corrected chi connectivity index (χ0v) is 13.6. The normalized spacial score (nSPS) is 11.5. The number of halogens is 1. The maximum Gasteiger partial charge on any atom is 0.241 e. The van der Waals surface area contributed by atoms with Gasteiger partial charge in [0.2, 0.25) is 10.0 Å². The van der Waals surface area contributed by atoms with E-state index in [-0.39, 0.29) is 11.5 Å². The maximum absolute atomic E-state index is 12.3. The molecule has 2 N–H and O–H groups in total. The number of nitrogens with zero attached hydrogens (tertiary/aromatic N) is 1. The van der Waals surface area contributed by atoms with E-state index in [2.05, 4.69) is 25.6 Å². The van der Waals surface area contributed by atoms with Crippen molar-refractivity contribution in [2.75, 3.05) is 6.54 Å². The van der Waals surface area contributed by atoms with Crippen molar-refractivity contribution in [3.63, 3.8) is 0 Å². The maximum atomic E-state index is 12.3. The smallest absolute Gasteiger partial charge is 0.241 e. The summed E-state index contributed by atoms with van der Waals surface area (Å²) in [5.41, 5.74) is 1.56. The molecule has 1 aromatic carbocycles. The van der Waals surface area contributed by atoms with Gasteiger partial charge in [-0.25, -0.2) is 13.1 Å². The van der Waals surface area contributed by atoms with E-state index in [4.69, 9.17) is 5.11 Å². The van der Waals surface area contributed by atoms with Crippen molar-refractivity contribution in [1.29, 1.82) is 0 Å². The van der Waals surface area contributed by atoms with Gasteiger partial charge in [0.05, 0.1) is 11.5 Å². The number of hydrogen-bond acceptors (Lipinski definition) is 4. The molecule has 0 radical (unpaired) electrons. The van der Waals surface area contributed by atoms with Gasteiger partial charge in [0.25, 0.3) is 0 Å². The second-order valence-corrected chi connectivity index (χ2v) is 7.02. The van der Waals surface area contributed by atoms with Gasteiger partial charge in [0.1, 0.15) is 0 Å². The van der Waals surface area contributed by atoms with Gasteiger partial charge in [-0.15, -0.1) is 0 Å². The number of rotatable bonds is 6. The van der Waals surface area contributed by atoms with Crippen molar-refractivity contribution >= 4 is 26.0 Å². The molecule has 0 saturated carbocycles. The average Bonchev–Trinajstić information content (AvgIpc) is 2.48. The van der Waals surface area contributed by atoms with Crippen LogP contribution in [0.5, 0.6) is 0 Å². The van der Waals surface area contributed by atoms with E-state index < -0.39 is 10.0 Å².